The third-order valence-corrected chi connectivity index (χ3v) is 12.4. The molecule has 0 bridgehead atoms. The average Bonchev–Trinajstić information content (AvgIpc) is 3.45. The smallest absolute Gasteiger partial charge is 0.237 e. The summed E-state index contributed by atoms with van der Waals surface area (Å²) in [6.45, 7) is 17.5. The first kappa shape index (κ1) is 31.4. The van der Waals surface area contributed by atoms with E-state index in [1.807, 2.05) is 13.0 Å². The molecular weight excluding hydrogens is 510 g/mol. The maximum atomic E-state index is 13.9. The first-order valence-corrected chi connectivity index (χ1v) is 15.7. The molecule has 6 heteroatoms. The zero-order chi connectivity index (χ0) is 30.4. The van der Waals surface area contributed by atoms with E-state index in [1.165, 1.54) is 0 Å². The Morgan fingerprint density at radius 1 is 1.02 bits per heavy atom. The number of allylic oxidation sites excluding steroid dienone is 2. The normalized spacial score (nSPS) is 39.6. The molecular formula is C35H51N3O3. The van der Waals surface area contributed by atoms with E-state index >= 15 is 0 Å². The molecule has 1 heterocycles. The summed E-state index contributed by atoms with van der Waals surface area (Å²) >= 11 is 0. The number of ketones is 2. The number of carbonyl (C=O) groups is 3. The van der Waals surface area contributed by atoms with Gasteiger partial charge in [0.15, 0.2) is 5.78 Å². The molecule has 0 aliphatic heterocycles. The zero-order valence-electron chi connectivity index (χ0n) is 26.7. The lowest BCUT2D eigenvalue weighted by molar-refractivity contribution is -0.149. The van der Waals surface area contributed by atoms with Gasteiger partial charge in [-0.3, -0.25) is 14.2 Å². The van der Waals surface area contributed by atoms with Crippen molar-refractivity contribution >= 4 is 17.5 Å². The van der Waals surface area contributed by atoms with E-state index in [4.69, 9.17) is 0 Å². The van der Waals surface area contributed by atoms with Crippen LogP contribution in [0.25, 0.3) is 0 Å². The number of nitriles is 1. The van der Waals surface area contributed by atoms with Crippen LogP contribution in [0, 0.1) is 56.2 Å². The quantitative estimate of drug-likeness (QED) is 0.371. The van der Waals surface area contributed by atoms with Crippen LogP contribution in [0.15, 0.2) is 30.4 Å². The van der Waals surface area contributed by atoms with Crippen molar-refractivity contribution in [3.8, 4) is 6.07 Å². The molecule has 0 amide bonds. The van der Waals surface area contributed by atoms with Gasteiger partial charge >= 0.3 is 0 Å². The minimum Gasteiger partial charge on any atom is -0.300 e. The number of hydrogen-bond acceptors (Lipinski definition) is 5. The first-order chi connectivity index (χ1) is 19.0. The van der Waals surface area contributed by atoms with E-state index in [2.05, 4.69) is 52.6 Å². The number of rotatable bonds is 4. The second kappa shape index (κ2) is 10.9. The second-order valence-electron chi connectivity index (χ2n) is 15.6. The minimum atomic E-state index is -0.524. The van der Waals surface area contributed by atoms with Crippen molar-refractivity contribution in [2.45, 2.75) is 120 Å². The van der Waals surface area contributed by atoms with E-state index in [0.717, 1.165) is 57.8 Å². The number of Topliss-reactive ketones (excluding diaryl/α,β-unsaturated/α-hetero) is 2. The fraction of sp³-hybridized carbons (Fsp3) is 0.743. The van der Waals surface area contributed by atoms with Gasteiger partial charge < -0.3 is 4.79 Å². The van der Waals surface area contributed by atoms with Crippen molar-refractivity contribution in [3.63, 3.8) is 0 Å². The lowest BCUT2D eigenvalue weighted by atomic mass is 9.40. The predicted octanol–water partition coefficient (Wildman–Crippen LogP) is 7.99. The minimum absolute atomic E-state index is 0.00158. The summed E-state index contributed by atoms with van der Waals surface area (Å²) in [5, 5.41) is 9.90. The van der Waals surface area contributed by atoms with Crippen molar-refractivity contribution in [1.29, 1.82) is 5.26 Å². The van der Waals surface area contributed by atoms with Gasteiger partial charge in [-0.2, -0.15) is 5.26 Å². The highest BCUT2D eigenvalue weighted by Crippen LogP contribution is 2.67. The molecule has 1 aromatic heterocycles. The van der Waals surface area contributed by atoms with Crippen LogP contribution in [0.2, 0.25) is 0 Å². The van der Waals surface area contributed by atoms with Gasteiger partial charge in [-0.15, -0.1) is 0 Å². The van der Waals surface area contributed by atoms with Crippen molar-refractivity contribution < 1.29 is 14.4 Å². The molecule has 0 spiro atoms. The van der Waals surface area contributed by atoms with Gasteiger partial charge in [0.25, 0.3) is 0 Å². The molecule has 0 aromatic carbocycles. The number of imidazole rings is 1. The van der Waals surface area contributed by atoms with E-state index in [1.54, 1.807) is 30.2 Å². The molecule has 0 radical (unpaired) electrons. The fourth-order valence-electron chi connectivity index (χ4n) is 9.21. The number of fused-ring (bicyclic) bond motifs is 1. The lowest BCUT2D eigenvalue weighted by Crippen LogP contribution is -2.58. The Kier molecular flexibility index (Phi) is 8.37. The summed E-state index contributed by atoms with van der Waals surface area (Å²) in [6, 6.07) is 2.19. The summed E-state index contributed by atoms with van der Waals surface area (Å²) in [6.07, 6.45) is 16.0. The summed E-state index contributed by atoms with van der Waals surface area (Å²) < 4.78 is 1.65. The lowest BCUT2D eigenvalue weighted by Gasteiger charge is -2.63. The SMILES string of the molecule is CC(=O)C[C@@H]1[C@@]2(C)C=C(C#N)C(=O)[C@@H](C)[C@@H]2CC[C@@]1(C)[C@@]1(C)CCCC(C)(C)CC[C@](C)(C(=O)n2ccnc2)CC1. The molecule has 7 atom stereocenters. The number of carbonyl (C=O) groups excluding carboxylic acids is 3. The van der Waals surface area contributed by atoms with Crippen molar-refractivity contribution in [2.24, 2.45) is 44.8 Å². The third kappa shape index (κ3) is 5.51. The van der Waals surface area contributed by atoms with Gasteiger partial charge in [0.1, 0.15) is 18.2 Å². The molecule has 1 aromatic rings. The van der Waals surface area contributed by atoms with E-state index in [0.29, 0.717) is 6.42 Å². The highest BCUT2D eigenvalue weighted by molar-refractivity contribution is 6.01. The molecule has 0 saturated heterocycles. The number of hydrogen-bond donors (Lipinski definition) is 0. The van der Waals surface area contributed by atoms with Crippen LogP contribution in [0.3, 0.4) is 0 Å². The Balaban J connectivity index is 1.81. The molecule has 4 rings (SSSR count). The Hall–Kier alpha value is -2.55. The summed E-state index contributed by atoms with van der Waals surface area (Å²) in [5.74, 6) is 0.0928. The van der Waals surface area contributed by atoms with Crippen LogP contribution in [0.5, 0.6) is 0 Å². The average molecular weight is 562 g/mol. The Morgan fingerprint density at radius 3 is 2.32 bits per heavy atom. The van der Waals surface area contributed by atoms with Crippen LogP contribution >= 0.6 is 0 Å². The first-order valence-electron chi connectivity index (χ1n) is 15.7. The molecule has 3 aliphatic rings. The Labute approximate surface area is 247 Å². The maximum Gasteiger partial charge on any atom is 0.237 e. The second-order valence-corrected chi connectivity index (χ2v) is 15.6. The fourth-order valence-corrected chi connectivity index (χ4v) is 9.21. The van der Waals surface area contributed by atoms with Crippen LogP contribution in [0.4, 0.5) is 0 Å². The largest absolute Gasteiger partial charge is 0.300 e. The topological polar surface area (TPSA) is 92.8 Å². The highest BCUT2D eigenvalue weighted by Gasteiger charge is 2.62. The number of nitrogens with zero attached hydrogens (tertiary/aromatic N) is 3. The molecule has 224 valence electrons. The van der Waals surface area contributed by atoms with Crippen LogP contribution in [0.1, 0.15) is 124 Å². The van der Waals surface area contributed by atoms with Crippen molar-refractivity contribution in [2.75, 3.05) is 0 Å². The monoisotopic (exact) mass is 561 g/mol. The summed E-state index contributed by atoms with van der Waals surface area (Å²) in [7, 11) is 0. The van der Waals surface area contributed by atoms with Gasteiger partial charge in [-0.25, -0.2) is 4.98 Å². The molecule has 6 nitrogen and oxygen atoms in total. The molecule has 3 aliphatic carbocycles. The number of aromatic nitrogens is 2. The van der Waals surface area contributed by atoms with Gasteiger partial charge in [0, 0.05) is 30.1 Å². The molecule has 0 unspecified atom stereocenters. The summed E-state index contributed by atoms with van der Waals surface area (Å²) in [5.41, 5.74) is -0.902. The van der Waals surface area contributed by atoms with E-state index in [-0.39, 0.29) is 57.0 Å². The Bertz CT molecular complexity index is 1260. The van der Waals surface area contributed by atoms with Crippen LogP contribution in [-0.4, -0.2) is 27.0 Å². The van der Waals surface area contributed by atoms with E-state index in [9.17, 15) is 19.6 Å². The van der Waals surface area contributed by atoms with Gasteiger partial charge in [-0.1, -0.05) is 61.0 Å². The standard InChI is InChI=1S/C35H51N3O3/c1-24(39)20-28-34(7)21-26(22-36)29(40)25(2)27(34)10-13-35(28,8)33(6)12-9-11-31(3,4)14-15-32(5,16-17-33)30(41)38-19-18-37-23-38/h18-19,21,23,25,27-28H,9-17,20H2,1-8H3/t25-,27-,28+,32-,33-,34-,35+/m0/s1. The summed E-state index contributed by atoms with van der Waals surface area (Å²) in [4.78, 5) is 44.1. The molecule has 0 N–H and O–H groups in total. The van der Waals surface area contributed by atoms with Crippen LogP contribution in [-0.2, 0) is 9.59 Å². The predicted molar refractivity (Wildman–Crippen MR) is 161 cm³/mol. The van der Waals surface area contributed by atoms with Gasteiger partial charge in [-0.05, 0) is 91.8 Å². The highest BCUT2D eigenvalue weighted by atomic mass is 16.2. The van der Waals surface area contributed by atoms with Gasteiger partial charge in [0.05, 0.1) is 5.57 Å². The third-order valence-electron chi connectivity index (χ3n) is 12.4. The van der Waals surface area contributed by atoms with Crippen molar-refractivity contribution in [3.05, 3.63) is 30.4 Å². The van der Waals surface area contributed by atoms with Gasteiger partial charge in [0.2, 0.25) is 5.91 Å². The maximum absolute atomic E-state index is 13.9. The Morgan fingerprint density at radius 2 is 1.71 bits per heavy atom. The molecule has 2 saturated carbocycles. The van der Waals surface area contributed by atoms with E-state index < -0.39 is 10.8 Å². The molecule has 2 fully saturated rings. The van der Waals surface area contributed by atoms with Crippen molar-refractivity contribution in [1.82, 2.24) is 9.55 Å². The zero-order valence-corrected chi connectivity index (χ0v) is 26.7. The molecule has 41 heavy (non-hydrogen) atoms. The van der Waals surface area contributed by atoms with Crippen LogP contribution < -0.4 is 0 Å².